The van der Waals surface area contributed by atoms with Gasteiger partial charge in [-0.05, 0) is 29.8 Å². The van der Waals surface area contributed by atoms with Gasteiger partial charge in [-0.1, -0.05) is 42.5 Å². The van der Waals surface area contributed by atoms with Crippen molar-refractivity contribution in [2.75, 3.05) is 18.1 Å². The Morgan fingerprint density at radius 3 is 2.56 bits per heavy atom. The van der Waals surface area contributed by atoms with Gasteiger partial charge in [0.1, 0.15) is 12.4 Å². The number of furan rings is 1. The Balaban J connectivity index is 1.59. The lowest BCUT2D eigenvalue weighted by molar-refractivity contribution is -0.122. The second-order valence-corrected chi connectivity index (χ2v) is 6.02. The van der Waals surface area contributed by atoms with Crippen LogP contribution in [-0.2, 0) is 9.53 Å². The van der Waals surface area contributed by atoms with Crippen LogP contribution in [0.2, 0.25) is 0 Å². The van der Waals surface area contributed by atoms with Gasteiger partial charge in [-0.25, -0.2) is 4.79 Å². The number of carbonyl (C=O) groups excluding carboxylic acids is 2. The van der Waals surface area contributed by atoms with Crippen molar-refractivity contribution in [3.05, 3.63) is 84.3 Å². The summed E-state index contributed by atoms with van der Waals surface area (Å²) in [6.07, 6.45) is 1.38. The van der Waals surface area contributed by atoms with Gasteiger partial charge < -0.3 is 13.9 Å². The van der Waals surface area contributed by atoms with Crippen molar-refractivity contribution < 1.29 is 23.5 Å². The summed E-state index contributed by atoms with van der Waals surface area (Å²) in [4.78, 5) is 26.6. The molecule has 2 aromatic carbocycles. The molecule has 0 spiro atoms. The van der Waals surface area contributed by atoms with Crippen molar-refractivity contribution >= 4 is 17.6 Å². The first-order chi connectivity index (χ1) is 13.2. The highest BCUT2D eigenvalue weighted by Crippen LogP contribution is 2.39. The number of ether oxygens (including phenoxy) is 2. The third-order valence-electron chi connectivity index (χ3n) is 4.34. The predicted octanol–water partition coefficient (Wildman–Crippen LogP) is 3.60. The molecule has 1 aromatic heterocycles. The van der Waals surface area contributed by atoms with Crippen LogP contribution in [0.1, 0.15) is 22.2 Å². The van der Waals surface area contributed by atoms with E-state index in [9.17, 15) is 9.59 Å². The zero-order chi connectivity index (χ0) is 18.6. The van der Waals surface area contributed by atoms with E-state index in [1.807, 2.05) is 54.6 Å². The molecule has 1 aliphatic rings. The molecule has 0 radical (unpaired) electrons. The summed E-state index contributed by atoms with van der Waals surface area (Å²) in [7, 11) is 0. The van der Waals surface area contributed by atoms with Gasteiger partial charge in [0.05, 0.1) is 18.0 Å². The van der Waals surface area contributed by atoms with Gasteiger partial charge in [0.15, 0.2) is 6.61 Å². The van der Waals surface area contributed by atoms with E-state index in [4.69, 9.17) is 13.9 Å². The predicted molar refractivity (Wildman–Crippen MR) is 97.6 cm³/mol. The molecule has 0 fully saturated rings. The number of anilines is 1. The van der Waals surface area contributed by atoms with Crippen molar-refractivity contribution in [2.24, 2.45) is 0 Å². The molecular weight excluding hydrogens is 346 g/mol. The number of fused-ring (bicyclic) bond motifs is 1. The quantitative estimate of drug-likeness (QED) is 0.663. The monoisotopic (exact) mass is 363 g/mol. The molecule has 4 rings (SSSR count). The number of hydrogen-bond donors (Lipinski definition) is 0. The first-order valence-electron chi connectivity index (χ1n) is 8.53. The van der Waals surface area contributed by atoms with E-state index in [1.165, 1.54) is 12.3 Å². The fraction of sp³-hybridized carbons (Fsp3) is 0.143. The zero-order valence-corrected chi connectivity index (χ0v) is 14.4. The second-order valence-electron chi connectivity index (χ2n) is 6.02. The molecule has 27 heavy (non-hydrogen) atoms. The van der Waals surface area contributed by atoms with Crippen LogP contribution in [0.3, 0.4) is 0 Å². The third kappa shape index (κ3) is 3.42. The largest absolute Gasteiger partial charge is 0.489 e. The summed E-state index contributed by atoms with van der Waals surface area (Å²) in [6, 6.07) is 19.7. The lowest BCUT2D eigenvalue weighted by atomic mass is 10.0. The minimum absolute atomic E-state index is 0.0600. The maximum atomic E-state index is 13.0. The number of esters is 1. The van der Waals surface area contributed by atoms with Gasteiger partial charge in [0, 0.05) is 0 Å². The molecule has 1 atom stereocenters. The van der Waals surface area contributed by atoms with Crippen molar-refractivity contribution in [1.29, 1.82) is 0 Å². The number of nitrogens with zero attached hydrogens (tertiary/aromatic N) is 1. The summed E-state index contributed by atoms with van der Waals surface area (Å²) in [5.41, 5.74) is 1.59. The molecule has 0 unspecified atom stereocenters. The minimum Gasteiger partial charge on any atom is -0.489 e. The van der Waals surface area contributed by atoms with Gasteiger partial charge in [-0.3, -0.25) is 9.69 Å². The Morgan fingerprint density at radius 1 is 1.00 bits per heavy atom. The van der Waals surface area contributed by atoms with Crippen LogP contribution >= 0.6 is 0 Å². The average Bonchev–Trinajstić information content (AvgIpc) is 3.26. The first-order valence-corrected chi connectivity index (χ1v) is 8.53. The summed E-state index contributed by atoms with van der Waals surface area (Å²) >= 11 is 0. The molecule has 0 N–H and O–H groups in total. The van der Waals surface area contributed by atoms with Gasteiger partial charge in [0.2, 0.25) is 5.76 Å². The van der Waals surface area contributed by atoms with Crippen LogP contribution in [-0.4, -0.2) is 25.1 Å². The van der Waals surface area contributed by atoms with Crippen LogP contribution in [0.25, 0.3) is 0 Å². The Labute approximate surface area is 155 Å². The first kappa shape index (κ1) is 16.9. The molecule has 0 saturated heterocycles. The van der Waals surface area contributed by atoms with Gasteiger partial charge in [0.25, 0.3) is 5.91 Å². The summed E-state index contributed by atoms with van der Waals surface area (Å²) in [6.45, 7) is -0.0733. The Morgan fingerprint density at radius 2 is 1.78 bits per heavy atom. The van der Waals surface area contributed by atoms with Crippen LogP contribution in [0, 0.1) is 0 Å². The molecule has 2 heterocycles. The highest BCUT2D eigenvalue weighted by atomic mass is 16.5. The summed E-state index contributed by atoms with van der Waals surface area (Å²) in [5, 5.41) is 0. The lowest BCUT2D eigenvalue weighted by Crippen LogP contribution is -2.43. The van der Waals surface area contributed by atoms with Crippen molar-refractivity contribution in [1.82, 2.24) is 0 Å². The van der Waals surface area contributed by atoms with Crippen LogP contribution < -0.4 is 9.64 Å². The van der Waals surface area contributed by atoms with E-state index in [-0.39, 0.29) is 17.7 Å². The number of hydrogen-bond acceptors (Lipinski definition) is 5. The topological polar surface area (TPSA) is 69.0 Å². The maximum absolute atomic E-state index is 13.0. The Kier molecular flexibility index (Phi) is 4.61. The van der Waals surface area contributed by atoms with Gasteiger partial charge in [-0.2, -0.15) is 0 Å². The lowest BCUT2D eigenvalue weighted by Gasteiger charge is -2.37. The van der Waals surface area contributed by atoms with E-state index in [2.05, 4.69) is 0 Å². The third-order valence-corrected chi connectivity index (χ3v) is 4.34. The molecule has 0 saturated carbocycles. The molecule has 136 valence electrons. The molecule has 1 amide bonds. The van der Waals surface area contributed by atoms with E-state index in [0.717, 1.165) is 5.56 Å². The van der Waals surface area contributed by atoms with Crippen LogP contribution in [0.5, 0.6) is 5.75 Å². The Bertz CT molecular complexity index is 936. The van der Waals surface area contributed by atoms with Gasteiger partial charge >= 0.3 is 5.97 Å². The normalized spacial score (nSPS) is 15.6. The molecular formula is C21H17NO5. The molecule has 0 aliphatic carbocycles. The number of benzene rings is 2. The number of rotatable bonds is 4. The minimum atomic E-state index is -0.675. The maximum Gasteiger partial charge on any atom is 0.374 e. The highest BCUT2D eigenvalue weighted by Gasteiger charge is 2.33. The number of carbonyl (C=O) groups is 2. The van der Waals surface area contributed by atoms with Crippen LogP contribution in [0.4, 0.5) is 5.69 Å². The Hall–Kier alpha value is -3.54. The molecule has 6 nitrogen and oxygen atoms in total. The number of para-hydroxylation sites is 2. The van der Waals surface area contributed by atoms with E-state index >= 15 is 0 Å². The summed E-state index contributed by atoms with van der Waals surface area (Å²) in [5.74, 6) is -0.328. The highest BCUT2D eigenvalue weighted by molar-refractivity contribution is 5.98. The number of amides is 1. The van der Waals surface area contributed by atoms with Crippen molar-refractivity contribution in [2.45, 2.75) is 6.04 Å². The van der Waals surface area contributed by atoms with Crippen molar-refractivity contribution in [3.8, 4) is 5.75 Å². The van der Waals surface area contributed by atoms with Crippen LogP contribution in [0.15, 0.2) is 77.4 Å². The second kappa shape index (κ2) is 7.37. The molecule has 1 aliphatic heterocycles. The molecule has 3 aromatic rings. The smallest absolute Gasteiger partial charge is 0.374 e. The van der Waals surface area contributed by atoms with Crippen molar-refractivity contribution in [3.63, 3.8) is 0 Å². The van der Waals surface area contributed by atoms with E-state index in [1.54, 1.807) is 11.0 Å². The average molecular weight is 363 g/mol. The van der Waals surface area contributed by atoms with E-state index in [0.29, 0.717) is 18.0 Å². The van der Waals surface area contributed by atoms with Gasteiger partial charge in [-0.15, -0.1) is 0 Å². The SMILES string of the molecule is O=C(OCC(=O)N1c2ccccc2OC[C@@H]1c1ccccc1)c1ccco1. The summed E-state index contributed by atoms with van der Waals surface area (Å²) < 4.78 is 16.0. The molecule has 0 bridgehead atoms. The fourth-order valence-electron chi connectivity index (χ4n) is 3.08. The van der Waals surface area contributed by atoms with E-state index < -0.39 is 12.6 Å². The molecule has 6 heteroatoms. The zero-order valence-electron chi connectivity index (χ0n) is 14.4. The standard InChI is InChI=1S/C21H17NO5/c23-20(14-27-21(24)19-11-6-12-25-19)22-16-9-4-5-10-18(16)26-13-17(22)15-7-2-1-3-8-15/h1-12,17H,13-14H2/t17-/m1/s1. The fourth-order valence-corrected chi connectivity index (χ4v) is 3.08.